The first-order valence-electron chi connectivity index (χ1n) is 12.5. The summed E-state index contributed by atoms with van der Waals surface area (Å²) in [6.45, 7) is 9.69. The molecule has 0 amide bonds. The molecule has 4 aliphatic heterocycles. The Morgan fingerprint density at radius 3 is 2.70 bits per heavy atom. The van der Waals surface area contributed by atoms with Gasteiger partial charge in [0.25, 0.3) is 0 Å². The number of ether oxygens (including phenoxy) is 2. The lowest BCUT2D eigenvalue weighted by Gasteiger charge is -2.73. The molecule has 4 heterocycles. The van der Waals surface area contributed by atoms with Crippen LogP contribution in [0.4, 0.5) is 0 Å². The first kappa shape index (κ1) is 18.6. The molecule has 2 saturated carbocycles. The van der Waals surface area contributed by atoms with E-state index >= 15 is 0 Å². The van der Waals surface area contributed by atoms with Crippen LogP contribution in [0, 0.1) is 12.8 Å². The summed E-state index contributed by atoms with van der Waals surface area (Å²) in [5.41, 5.74) is 5.14. The summed E-state index contributed by atoms with van der Waals surface area (Å²) in [6, 6.07) is 7.91. The minimum atomic E-state index is 0.0367. The van der Waals surface area contributed by atoms with E-state index in [4.69, 9.17) is 9.47 Å². The SMILES string of the molecule is Cc1ccc2c(c1)[C@]13CCN(CC4CC4)[C@H](C2)[C@]12CCC(N1CCOCC1)(CO2)C3. The molecule has 0 radical (unpaired) electrons. The standard InChI is InChI=1S/C26H36N2O2/c1-19-2-5-21-15-23-26-7-6-24(18-30-26,28-10-12-29-13-11-28)17-25(26,22(21)14-19)8-9-27(23)16-20-3-4-20/h2,5,14,20,23H,3-4,6-13,15-18H2,1H3/t23-,24?,25-,26-/m1/s1. The van der Waals surface area contributed by atoms with Gasteiger partial charge >= 0.3 is 0 Å². The molecule has 1 aromatic rings. The Kier molecular flexibility index (Phi) is 3.92. The average Bonchev–Trinajstić information content (AvgIpc) is 3.61. The van der Waals surface area contributed by atoms with Crippen LogP contribution >= 0.6 is 0 Å². The van der Waals surface area contributed by atoms with Crippen molar-refractivity contribution in [3.05, 3.63) is 34.9 Å². The second-order valence-corrected chi connectivity index (χ2v) is 11.3. The lowest BCUT2D eigenvalue weighted by atomic mass is 9.45. The largest absolute Gasteiger partial charge is 0.379 e. The molecule has 8 rings (SSSR count). The molecule has 7 aliphatic rings. The zero-order chi connectivity index (χ0) is 20.0. The van der Waals surface area contributed by atoms with Crippen LogP contribution in [-0.4, -0.2) is 73.0 Å². The number of likely N-dealkylation sites (tertiary alicyclic amines) is 1. The Bertz CT molecular complexity index is 851. The third-order valence-corrected chi connectivity index (χ3v) is 9.87. The Balaban J connectivity index is 1.35. The predicted octanol–water partition coefficient (Wildman–Crippen LogP) is 3.30. The molecule has 162 valence electrons. The van der Waals surface area contributed by atoms with Crippen molar-refractivity contribution < 1.29 is 9.47 Å². The molecule has 4 bridgehead atoms. The molecular formula is C26H36N2O2. The molecule has 4 heteroatoms. The van der Waals surface area contributed by atoms with Crippen molar-refractivity contribution in [2.24, 2.45) is 5.92 Å². The fourth-order valence-electron chi connectivity index (χ4n) is 8.24. The second kappa shape index (κ2) is 6.31. The minimum absolute atomic E-state index is 0.0367. The van der Waals surface area contributed by atoms with Gasteiger partial charge in [-0.1, -0.05) is 23.8 Å². The number of aryl methyl sites for hydroxylation is 1. The molecule has 1 spiro atoms. The minimum Gasteiger partial charge on any atom is -0.379 e. The molecule has 1 unspecified atom stereocenters. The fraction of sp³-hybridized carbons (Fsp3) is 0.769. The number of rotatable bonds is 3. The monoisotopic (exact) mass is 408 g/mol. The van der Waals surface area contributed by atoms with Crippen molar-refractivity contribution in [1.29, 1.82) is 0 Å². The van der Waals surface area contributed by atoms with Gasteiger partial charge in [0, 0.05) is 36.6 Å². The quantitative estimate of drug-likeness (QED) is 0.766. The van der Waals surface area contributed by atoms with E-state index in [0.717, 1.165) is 38.8 Å². The number of fused-ring (bicyclic) bond motifs is 3. The van der Waals surface area contributed by atoms with E-state index in [0.29, 0.717) is 6.04 Å². The van der Waals surface area contributed by atoms with Crippen LogP contribution in [-0.2, 0) is 21.3 Å². The molecule has 6 fully saturated rings. The first-order chi connectivity index (χ1) is 14.6. The lowest BCUT2D eigenvalue weighted by molar-refractivity contribution is -0.284. The van der Waals surface area contributed by atoms with Gasteiger partial charge in [0.15, 0.2) is 0 Å². The zero-order valence-electron chi connectivity index (χ0n) is 18.5. The van der Waals surface area contributed by atoms with E-state index in [2.05, 4.69) is 34.9 Å². The Hall–Kier alpha value is -0.940. The summed E-state index contributed by atoms with van der Waals surface area (Å²) in [5.74, 6) is 0.952. The summed E-state index contributed by atoms with van der Waals surface area (Å²) in [6.07, 6.45) is 9.20. The van der Waals surface area contributed by atoms with Crippen LogP contribution in [0.25, 0.3) is 0 Å². The van der Waals surface area contributed by atoms with Crippen molar-refractivity contribution in [2.45, 2.75) is 74.5 Å². The molecule has 4 nitrogen and oxygen atoms in total. The summed E-state index contributed by atoms with van der Waals surface area (Å²) < 4.78 is 12.9. The highest BCUT2D eigenvalue weighted by Crippen LogP contribution is 2.65. The second-order valence-electron chi connectivity index (χ2n) is 11.3. The molecule has 3 aliphatic carbocycles. The highest BCUT2D eigenvalue weighted by atomic mass is 16.5. The smallest absolute Gasteiger partial charge is 0.0938 e. The van der Waals surface area contributed by atoms with Gasteiger partial charge in [-0.25, -0.2) is 0 Å². The average molecular weight is 409 g/mol. The maximum Gasteiger partial charge on any atom is 0.0938 e. The van der Waals surface area contributed by atoms with Crippen molar-refractivity contribution in [3.63, 3.8) is 0 Å². The number of piperidine rings is 1. The molecular weight excluding hydrogens is 372 g/mol. The van der Waals surface area contributed by atoms with Crippen molar-refractivity contribution in [3.8, 4) is 0 Å². The summed E-state index contributed by atoms with van der Waals surface area (Å²) in [4.78, 5) is 5.62. The van der Waals surface area contributed by atoms with Gasteiger partial charge in [0.2, 0.25) is 0 Å². The summed E-state index contributed by atoms with van der Waals surface area (Å²) in [7, 11) is 0. The molecule has 30 heavy (non-hydrogen) atoms. The molecule has 0 aromatic heterocycles. The summed E-state index contributed by atoms with van der Waals surface area (Å²) in [5, 5.41) is 0. The Morgan fingerprint density at radius 2 is 1.93 bits per heavy atom. The Morgan fingerprint density at radius 1 is 1.07 bits per heavy atom. The van der Waals surface area contributed by atoms with Crippen molar-refractivity contribution in [2.75, 3.05) is 46.0 Å². The predicted molar refractivity (Wildman–Crippen MR) is 117 cm³/mol. The number of hydrogen-bond acceptors (Lipinski definition) is 4. The highest BCUT2D eigenvalue weighted by Gasteiger charge is 2.72. The van der Waals surface area contributed by atoms with Crippen LogP contribution in [0.5, 0.6) is 0 Å². The maximum absolute atomic E-state index is 7.19. The van der Waals surface area contributed by atoms with E-state index in [1.807, 2.05) is 0 Å². The van der Waals surface area contributed by atoms with Crippen LogP contribution in [0.1, 0.15) is 55.2 Å². The van der Waals surface area contributed by atoms with E-state index in [-0.39, 0.29) is 16.6 Å². The third-order valence-electron chi connectivity index (χ3n) is 9.87. The van der Waals surface area contributed by atoms with Crippen LogP contribution < -0.4 is 0 Å². The topological polar surface area (TPSA) is 24.9 Å². The van der Waals surface area contributed by atoms with Crippen molar-refractivity contribution >= 4 is 0 Å². The third kappa shape index (κ3) is 2.37. The normalized spacial score (nSPS) is 43.3. The van der Waals surface area contributed by atoms with Gasteiger partial charge in [-0.2, -0.15) is 0 Å². The van der Waals surface area contributed by atoms with Crippen molar-refractivity contribution in [1.82, 2.24) is 9.80 Å². The number of hydrogen-bond donors (Lipinski definition) is 0. The van der Waals surface area contributed by atoms with Crippen LogP contribution in [0.3, 0.4) is 0 Å². The van der Waals surface area contributed by atoms with E-state index in [1.54, 1.807) is 11.1 Å². The molecule has 1 aromatic carbocycles. The zero-order valence-corrected chi connectivity index (χ0v) is 18.5. The summed E-state index contributed by atoms with van der Waals surface area (Å²) >= 11 is 0. The first-order valence-corrected chi connectivity index (χ1v) is 12.5. The molecule has 4 atom stereocenters. The van der Waals surface area contributed by atoms with Gasteiger partial charge in [-0.3, -0.25) is 9.80 Å². The highest BCUT2D eigenvalue weighted by molar-refractivity contribution is 5.48. The van der Waals surface area contributed by atoms with E-state index in [1.165, 1.54) is 63.6 Å². The van der Waals surface area contributed by atoms with E-state index < -0.39 is 0 Å². The van der Waals surface area contributed by atoms with E-state index in [9.17, 15) is 0 Å². The molecule has 4 saturated heterocycles. The van der Waals surface area contributed by atoms with Crippen LogP contribution in [0.2, 0.25) is 0 Å². The van der Waals surface area contributed by atoms with Gasteiger partial charge in [0.05, 0.1) is 25.4 Å². The lowest BCUT2D eigenvalue weighted by Crippen LogP contribution is -2.81. The van der Waals surface area contributed by atoms with Gasteiger partial charge in [0.1, 0.15) is 0 Å². The number of benzene rings is 1. The maximum atomic E-state index is 7.19. The van der Waals surface area contributed by atoms with Crippen LogP contribution in [0.15, 0.2) is 18.2 Å². The molecule has 0 N–H and O–H groups in total. The van der Waals surface area contributed by atoms with Gasteiger partial charge in [-0.15, -0.1) is 0 Å². The number of morpholine rings is 1. The van der Waals surface area contributed by atoms with Gasteiger partial charge < -0.3 is 9.47 Å². The number of nitrogens with zero attached hydrogens (tertiary/aromatic N) is 2. The Labute approximate surface area is 180 Å². The fourth-order valence-corrected chi connectivity index (χ4v) is 8.24. The van der Waals surface area contributed by atoms with Gasteiger partial charge in [-0.05, 0) is 75.5 Å².